The van der Waals surface area contributed by atoms with E-state index in [1.54, 1.807) is 50.6 Å². The Balaban J connectivity index is 2.09. The van der Waals surface area contributed by atoms with Gasteiger partial charge in [-0.05, 0) is 29.8 Å². The second kappa shape index (κ2) is 7.78. The first-order valence-electron chi connectivity index (χ1n) is 8.36. The molecule has 6 nitrogen and oxygen atoms in total. The third kappa shape index (κ3) is 3.42. The predicted octanol–water partition coefficient (Wildman–Crippen LogP) is 3.08. The zero-order valence-corrected chi connectivity index (χ0v) is 15.2. The molecule has 1 aliphatic heterocycles. The number of nitrogens with one attached hydrogen (secondary N) is 1. The van der Waals surface area contributed by atoms with Crippen LogP contribution in [-0.4, -0.2) is 37.5 Å². The number of methoxy groups -OCH3 is 2. The van der Waals surface area contributed by atoms with Gasteiger partial charge in [0.1, 0.15) is 17.2 Å². The second-order valence-electron chi connectivity index (χ2n) is 5.81. The maximum absolute atomic E-state index is 12.9. The summed E-state index contributed by atoms with van der Waals surface area (Å²) in [6.07, 6.45) is 1.52. The molecule has 0 saturated carbocycles. The lowest BCUT2D eigenvalue weighted by Crippen LogP contribution is -2.32. The fraction of sp³-hybridized carbons (Fsp3) is 0.143. The minimum absolute atomic E-state index is 0.133. The third-order valence-electron chi connectivity index (χ3n) is 4.23. The Morgan fingerprint density at radius 2 is 1.70 bits per heavy atom. The Labute approximate surface area is 157 Å². The summed E-state index contributed by atoms with van der Waals surface area (Å²) in [6, 6.07) is 14.2. The zero-order valence-electron chi connectivity index (χ0n) is 15.2. The molecule has 0 spiro atoms. The van der Waals surface area contributed by atoms with E-state index in [1.165, 1.54) is 6.08 Å². The van der Waals surface area contributed by atoms with Crippen LogP contribution in [0.2, 0.25) is 0 Å². The monoisotopic (exact) mass is 364 g/mol. The van der Waals surface area contributed by atoms with Crippen LogP contribution in [0.15, 0.2) is 66.9 Å². The van der Waals surface area contributed by atoms with Crippen LogP contribution in [0.5, 0.6) is 11.5 Å². The molecule has 0 atom stereocenters. The Kier molecular flexibility index (Phi) is 5.26. The fourth-order valence-corrected chi connectivity index (χ4v) is 2.89. The number of hydrogen-bond donors (Lipinski definition) is 1. The molecule has 0 radical (unpaired) electrons. The highest BCUT2D eigenvalue weighted by Gasteiger charge is 2.38. The molecule has 0 aliphatic carbocycles. The largest absolute Gasteiger partial charge is 0.497 e. The van der Waals surface area contributed by atoms with Gasteiger partial charge in [0, 0.05) is 6.54 Å². The molecule has 6 heteroatoms. The molecule has 27 heavy (non-hydrogen) atoms. The number of carbonyl (C=O) groups excluding carboxylic acids is 2. The molecule has 2 amide bonds. The van der Waals surface area contributed by atoms with Crippen molar-refractivity contribution in [3.63, 3.8) is 0 Å². The van der Waals surface area contributed by atoms with Gasteiger partial charge >= 0.3 is 0 Å². The van der Waals surface area contributed by atoms with E-state index in [-0.39, 0.29) is 18.1 Å². The van der Waals surface area contributed by atoms with Crippen molar-refractivity contribution < 1.29 is 19.1 Å². The quantitative estimate of drug-likeness (QED) is 0.604. The number of benzene rings is 2. The molecular weight excluding hydrogens is 344 g/mol. The highest BCUT2D eigenvalue weighted by molar-refractivity contribution is 6.36. The van der Waals surface area contributed by atoms with E-state index in [2.05, 4.69) is 11.9 Å². The number of para-hydroxylation sites is 2. The van der Waals surface area contributed by atoms with Gasteiger partial charge in [0.2, 0.25) is 0 Å². The minimum Gasteiger partial charge on any atom is -0.497 e. The average molecular weight is 364 g/mol. The number of imide groups is 1. The number of nitrogens with zero attached hydrogens (tertiary/aromatic N) is 1. The van der Waals surface area contributed by atoms with Gasteiger partial charge in [-0.1, -0.05) is 30.3 Å². The Morgan fingerprint density at radius 3 is 2.33 bits per heavy atom. The lowest BCUT2D eigenvalue weighted by Gasteiger charge is -2.13. The van der Waals surface area contributed by atoms with Gasteiger partial charge < -0.3 is 14.8 Å². The van der Waals surface area contributed by atoms with E-state index >= 15 is 0 Å². The predicted molar refractivity (Wildman–Crippen MR) is 103 cm³/mol. The molecule has 0 saturated heterocycles. The minimum atomic E-state index is -0.406. The smallest absolute Gasteiger partial charge is 0.278 e. The molecular formula is C21H20N2O4. The number of rotatable bonds is 7. The highest BCUT2D eigenvalue weighted by Crippen LogP contribution is 2.33. The molecule has 1 aliphatic rings. The number of anilines is 1. The summed E-state index contributed by atoms with van der Waals surface area (Å²) in [6.45, 7) is 3.76. The second-order valence-corrected chi connectivity index (χ2v) is 5.81. The van der Waals surface area contributed by atoms with E-state index in [0.717, 1.165) is 4.90 Å². The molecule has 0 unspecified atom stereocenters. The SMILES string of the molecule is C=CCN1C(=O)C(Nc2ccccc2OC)=C(c2ccc(OC)cc2)C1=O. The zero-order chi connectivity index (χ0) is 19.4. The number of ether oxygens (including phenoxy) is 2. The first-order chi connectivity index (χ1) is 13.1. The first-order valence-corrected chi connectivity index (χ1v) is 8.36. The maximum Gasteiger partial charge on any atom is 0.278 e. The fourth-order valence-electron chi connectivity index (χ4n) is 2.89. The number of carbonyl (C=O) groups is 2. The van der Waals surface area contributed by atoms with E-state index in [4.69, 9.17) is 9.47 Å². The summed E-state index contributed by atoms with van der Waals surface area (Å²) in [5, 5.41) is 3.08. The van der Waals surface area contributed by atoms with Crippen molar-refractivity contribution in [3.05, 3.63) is 72.4 Å². The molecule has 2 aromatic rings. The van der Waals surface area contributed by atoms with Crippen LogP contribution in [0, 0.1) is 0 Å². The van der Waals surface area contributed by atoms with Gasteiger partial charge in [-0.3, -0.25) is 14.5 Å². The topological polar surface area (TPSA) is 67.9 Å². The van der Waals surface area contributed by atoms with Crippen molar-refractivity contribution in [1.29, 1.82) is 0 Å². The summed E-state index contributed by atoms with van der Waals surface area (Å²) >= 11 is 0. The molecule has 2 aromatic carbocycles. The lowest BCUT2D eigenvalue weighted by molar-refractivity contribution is -0.136. The van der Waals surface area contributed by atoms with E-state index < -0.39 is 5.91 Å². The lowest BCUT2D eigenvalue weighted by atomic mass is 10.0. The van der Waals surface area contributed by atoms with Crippen molar-refractivity contribution in [2.75, 3.05) is 26.1 Å². The molecule has 138 valence electrons. The molecule has 1 heterocycles. The Hall–Kier alpha value is -3.54. The van der Waals surface area contributed by atoms with Gasteiger partial charge in [0.05, 0.1) is 25.5 Å². The van der Waals surface area contributed by atoms with Crippen LogP contribution in [-0.2, 0) is 9.59 Å². The van der Waals surface area contributed by atoms with Crippen LogP contribution in [0.3, 0.4) is 0 Å². The molecule has 0 aromatic heterocycles. The van der Waals surface area contributed by atoms with E-state index in [0.29, 0.717) is 28.3 Å². The summed E-state index contributed by atoms with van der Waals surface area (Å²) in [5.74, 6) is 0.457. The van der Waals surface area contributed by atoms with Crippen LogP contribution < -0.4 is 14.8 Å². The van der Waals surface area contributed by atoms with Crippen LogP contribution in [0.25, 0.3) is 5.57 Å². The van der Waals surface area contributed by atoms with Gasteiger partial charge in [0.15, 0.2) is 0 Å². The number of hydrogen-bond acceptors (Lipinski definition) is 5. The summed E-state index contributed by atoms with van der Waals surface area (Å²) in [7, 11) is 3.12. The van der Waals surface area contributed by atoms with Gasteiger partial charge in [-0.15, -0.1) is 6.58 Å². The Bertz CT molecular complexity index is 916. The van der Waals surface area contributed by atoms with Crippen LogP contribution in [0.4, 0.5) is 5.69 Å². The van der Waals surface area contributed by atoms with Crippen molar-refractivity contribution >= 4 is 23.1 Å². The first kappa shape index (κ1) is 18.3. The summed E-state index contributed by atoms with van der Waals surface area (Å²) in [4.78, 5) is 27.0. The van der Waals surface area contributed by atoms with Crippen LogP contribution >= 0.6 is 0 Å². The maximum atomic E-state index is 12.9. The molecule has 0 bridgehead atoms. The van der Waals surface area contributed by atoms with E-state index in [9.17, 15) is 9.59 Å². The normalized spacial score (nSPS) is 13.8. The Morgan fingerprint density at radius 1 is 1.00 bits per heavy atom. The van der Waals surface area contributed by atoms with Crippen molar-refractivity contribution in [2.45, 2.75) is 0 Å². The summed E-state index contributed by atoms with van der Waals surface area (Å²) < 4.78 is 10.5. The standard InChI is InChI=1S/C21H20N2O4/c1-4-13-23-20(24)18(14-9-11-15(26-2)12-10-14)19(21(23)25)22-16-7-5-6-8-17(16)27-3/h4-12,22H,1,13H2,2-3H3. The van der Waals surface area contributed by atoms with Gasteiger partial charge in [-0.25, -0.2) is 0 Å². The van der Waals surface area contributed by atoms with Gasteiger partial charge in [-0.2, -0.15) is 0 Å². The van der Waals surface area contributed by atoms with Crippen molar-refractivity contribution in [1.82, 2.24) is 4.90 Å². The molecule has 0 fully saturated rings. The highest BCUT2D eigenvalue weighted by atomic mass is 16.5. The molecule has 1 N–H and O–H groups in total. The van der Waals surface area contributed by atoms with Crippen molar-refractivity contribution in [3.8, 4) is 11.5 Å². The average Bonchev–Trinajstić information content (AvgIpc) is 2.93. The summed E-state index contributed by atoms with van der Waals surface area (Å²) in [5.41, 5.74) is 1.73. The third-order valence-corrected chi connectivity index (χ3v) is 4.23. The molecule has 3 rings (SSSR count). The number of amides is 2. The van der Waals surface area contributed by atoms with Crippen LogP contribution in [0.1, 0.15) is 5.56 Å². The van der Waals surface area contributed by atoms with Gasteiger partial charge in [0.25, 0.3) is 11.8 Å². The van der Waals surface area contributed by atoms with Crippen molar-refractivity contribution in [2.24, 2.45) is 0 Å². The van der Waals surface area contributed by atoms with E-state index in [1.807, 2.05) is 12.1 Å².